The summed E-state index contributed by atoms with van der Waals surface area (Å²) in [5.74, 6) is -0.430. The SMILES string of the molecule is COC(=O)CCCNC(=O)CC1=C(n2nc(-c3c(-c4ccccc4)nn4ccccc34)ccc2=O)CCCC1. The summed E-state index contributed by atoms with van der Waals surface area (Å²) >= 11 is 0. The molecule has 0 saturated carbocycles. The third-order valence-corrected chi connectivity index (χ3v) is 6.93. The van der Waals surface area contributed by atoms with Gasteiger partial charge in [0.15, 0.2) is 0 Å². The zero-order valence-corrected chi connectivity index (χ0v) is 21.9. The van der Waals surface area contributed by atoms with Crippen LogP contribution < -0.4 is 10.9 Å². The number of pyridine rings is 1. The summed E-state index contributed by atoms with van der Waals surface area (Å²) in [4.78, 5) is 37.1. The lowest BCUT2D eigenvalue weighted by Crippen LogP contribution is -2.28. The molecule has 1 amide bonds. The maximum Gasteiger partial charge on any atom is 0.305 e. The van der Waals surface area contributed by atoms with Gasteiger partial charge in [-0.3, -0.25) is 14.4 Å². The first-order valence-corrected chi connectivity index (χ1v) is 13.2. The number of nitrogens with zero attached hydrogens (tertiary/aromatic N) is 4. The second kappa shape index (κ2) is 11.9. The van der Waals surface area contributed by atoms with Crippen LogP contribution in [0.5, 0.6) is 0 Å². The number of amides is 1. The summed E-state index contributed by atoms with van der Waals surface area (Å²) in [6, 6.07) is 19.1. The molecule has 0 radical (unpaired) electrons. The van der Waals surface area contributed by atoms with E-state index in [1.165, 1.54) is 17.9 Å². The molecule has 0 saturated heterocycles. The van der Waals surface area contributed by atoms with Crippen LogP contribution in [0, 0.1) is 0 Å². The van der Waals surface area contributed by atoms with E-state index in [4.69, 9.17) is 10.2 Å². The molecule has 39 heavy (non-hydrogen) atoms. The predicted molar refractivity (Wildman–Crippen MR) is 149 cm³/mol. The first-order valence-electron chi connectivity index (χ1n) is 13.2. The molecule has 1 aromatic carbocycles. The Hall–Kier alpha value is -4.53. The molecule has 1 N–H and O–H groups in total. The van der Waals surface area contributed by atoms with E-state index in [9.17, 15) is 14.4 Å². The van der Waals surface area contributed by atoms with Crippen LogP contribution in [0.25, 0.3) is 33.7 Å². The lowest BCUT2D eigenvalue weighted by atomic mass is 9.93. The number of fused-ring (bicyclic) bond motifs is 1. The van der Waals surface area contributed by atoms with Crippen LogP contribution in [-0.2, 0) is 14.3 Å². The molecule has 1 aliphatic rings. The number of benzene rings is 1. The van der Waals surface area contributed by atoms with Crippen LogP contribution in [0.1, 0.15) is 44.9 Å². The van der Waals surface area contributed by atoms with Gasteiger partial charge in [0.05, 0.1) is 23.9 Å². The molecule has 1 aliphatic carbocycles. The van der Waals surface area contributed by atoms with Crippen LogP contribution in [0.4, 0.5) is 0 Å². The van der Waals surface area contributed by atoms with Crippen molar-refractivity contribution < 1.29 is 14.3 Å². The summed E-state index contributed by atoms with van der Waals surface area (Å²) in [5, 5.41) is 12.5. The quantitative estimate of drug-likeness (QED) is 0.255. The first kappa shape index (κ1) is 26.1. The number of ether oxygens (including phenoxy) is 1. The zero-order valence-electron chi connectivity index (χ0n) is 21.9. The van der Waals surface area contributed by atoms with E-state index in [1.807, 2.05) is 59.2 Å². The monoisotopic (exact) mass is 525 g/mol. The number of nitrogens with one attached hydrogen (secondary N) is 1. The minimum Gasteiger partial charge on any atom is -0.469 e. The molecule has 3 heterocycles. The van der Waals surface area contributed by atoms with Crippen LogP contribution in [0.2, 0.25) is 0 Å². The number of rotatable bonds is 9. The number of carbonyl (C=O) groups excluding carboxylic acids is 2. The molecular formula is C30H31N5O4. The van der Waals surface area contributed by atoms with Gasteiger partial charge in [0.2, 0.25) is 5.91 Å². The largest absolute Gasteiger partial charge is 0.469 e. The zero-order chi connectivity index (χ0) is 27.2. The number of allylic oxidation sites excluding steroid dienone is 1. The smallest absolute Gasteiger partial charge is 0.305 e. The second-order valence-electron chi connectivity index (χ2n) is 9.55. The molecule has 5 rings (SSSR count). The van der Waals surface area contributed by atoms with Gasteiger partial charge < -0.3 is 10.1 Å². The lowest BCUT2D eigenvalue weighted by molar-refractivity contribution is -0.140. The van der Waals surface area contributed by atoms with Crippen molar-refractivity contribution in [3.8, 4) is 22.5 Å². The van der Waals surface area contributed by atoms with E-state index in [-0.39, 0.29) is 30.3 Å². The van der Waals surface area contributed by atoms with Gasteiger partial charge in [0.25, 0.3) is 5.56 Å². The van der Waals surface area contributed by atoms with Crippen molar-refractivity contribution in [3.05, 3.63) is 82.8 Å². The number of methoxy groups -OCH3 is 1. The number of hydrogen-bond acceptors (Lipinski definition) is 6. The second-order valence-corrected chi connectivity index (χ2v) is 9.55. The molecule has 9 nitrogen and oxygen atoms in total. The molecule has 0 bridgehead atoms. The molecule has 0 aliphatic heterocycles. The highest BCUT2D eigenvalue weighted by Crippen LogP contribution is 2.35. The first-order chi connectivity index (χ1) is 19.0. The molecule has 0 atom stereocenters. The summed E-state index contributed by atoms with van der Waals surface area (Å²) in [7, 11) is 1.35. The van der Waals surface area contributed by atoms with Crippen LogP contribution in [0.3, 0.4) is 0 Å². The average molecular weight is 526 g/mol. The fraction of sp³-hybridized carbons (Fsp3) is 0.300. The van der Waals surface area contributed by atoms with Crippen molar-refractivity contribution >= 4 is 23.1 Å². The van der Waals surface area contributed by atoms with E-state index in [0.717, 1.165) is 52.9 Å². The van der Waals surface area contributed by atoms with Gasteiger partial charge in [0, 0.05) is 42.9 Å². The molecule has 9 heteroatoms. The van der Waals surface area contributed by atoms with E-state index >= 15 is 0 Å². The number of aromatic nitrogens is 4. The summed E-state index contributed by atoms with van der Waals surface area (Å²) in [6.07, 6.45) is 6.13. The normalized spacial score (nSPS) is 13.5. The summed E-state index contributed by atoms with van der Waals surface area (Å²) in [5.41, 5.74) is 5.58. The van der Waals surface area contributed by atoms with Crippen LogP contribution in [-0.4, -0.2) is 44.9 Å². The number of hydrogen-bond donors (Lipinski definition) is 1. The Morgan fingerprint density at radius 1 is 0.974 bits per heavy atom. The van der Waals surface area contributed by atoms with Gasteiger partial charge in [-0.2, -0.15) is 10.2 Å². The summed E-state index contributed by atoms with van der Waals surface area (Å²) < 4.78 is 7.93. The number of carbonyl (C=O) groups is 2. The standard InChI is InChI=1S/C30H31N5O4/c1-39-28(38)15-9-18-31-26(36)20-22-12-5-6-13-24(22)35-27(37)17-16-23(32-35)29-25-14-7-8-19-34(25)33-30(29)21-10-3-2-4-11-21/h2-4,7-8,10-11,14,16-17,19H,5-6,9,12-13,15,18,20H2,1H3,(H,31,36). The Bertz CT molecular complexity index is 1590. The molecule has 0 fully saturated rings. The Labute approximate surface area is 226 Å². The van der Waals surface area contributed by atoms with Gasteiger partial charge in [-0.15, -0.1) is 0 Å². The Balaban J connectivity index is 1.49. The van der Waals surface area contributed by atoms with Crippen molar-refractivity contribution in [2.45, 2.75) is 44.9 Å². The maximum atomic E-state index is 13.1. The fourth-order valence-corrected chi connectivity index (χ4v) is 5.00. The summed E-state index contributed by atoms with van der Waals surface area (Å²) in [6.45, 7) is 0.390. The molecule has 4 aromatic rings. The third-order valence-electron chi connectivity index (χ3n) is 6.93. The van der Waals surface area contributed by atoms with Crippen LogP contribution in [0.15, 0.2) is 77.2 Å². The highest BCUT2D eigenvalue weighted by Gasteiger charge is 2.22. The Morgan fingerprint density at radius 3 is 2.59 bits per heavy atom. The van der Waals surface area contributed by atoms with Gasteiger partial charge >= 0.3 is 5.97 Å². The fourth-order valence-electron chi connectivity index (χ4n) is 5.00. The Morgan fingerprint density at radius 2 is 1.77 bits per heavy atom. The van der Waals surface area contributed by atoms with Gasteiger partial charge in [-0.1, -0.05) is 36.4 Å². The number of esters is 1. The molecular weight excluding hydrogens is 494 g/mol. The van der Waals surface area contributed by atoms with Crippen molar-refractivity contribution in [2.75, 3.05) is 13.7 Å². The average Bonchev–Trinajstić information content (AvgIpc) is 3.36. The highest BCUT2D eigenvalue weighted by molar-refractivity contribution is 5.90. The predicted octanol–water partition coefficient (Wildman–Crippen LogP) is 4.47. The molecule has 3 aromatic heterocycles. The van der Waals surface area contributed by atoms with E-state index in [2.05, 4.69) is 10.1 Å². The molecule has 0 unspecified atom stereocenters. The van der Waals surface area contributed by atoms with E-state index in [0.29, 0.717) is 25.1 Å². The van der Waals surface area contributed by atoms with Gasteiger partial charge in [0.1, 0.15) is 5.69 Å². The van der Waals surface area contributed by atoms with Crippen molar-refractivity contribution in [3.63, 3.8) is 0 Å². The van der Waals surface area contributed by atoms with Crippen LogP contribution >= 0.6 is 0 Å². The van der Waals surface area contributed by atoms with E-state index < -0.39 is 0 Å². The van der Waals surface area contributed by atoms with Gasteiger partial charge in [-0.05, 0) is 55.9 Å². The lowest BCUT2D eigenvalue weighted by Gasteiger charge is -2.21. The molecule has 0 spiro atoms. The maximum absolute atomic E-state index is 13.1. The minimum atomic E-state index is -0.298. The van der Waals surface area contributed by atoms with Gasteiger partial charge in [-0.25, -0.2) is 9.20 Å². The molecule has 200 valence electrons. The minimum absolute atomic E-state index is 0.132. The third kappa shape index (κ3) is 5.82. The Kier molecular flexibility index (Phi) is 7.96. The van der Waals surface area contributed by atoms with E-state index in [1.54, 1.807) is 6.07 Å². The van der Waals surface area contributed by atoms with Crippen molar-refractivity contribution in [2.24, 2.45) is 0 Å². The highest BCUT2D eigenvalue weighted by atomic mass is 16.5. The van der Waals surface area contributed by atoms with Crippen molar-refractivity contribution in [1.29, 1.82) is 0 Å². The topological polar surface area (TPSA) is 108 Å². The van der Waals surface area contributed by atoms with Crippen molar-refractivity contribution in [1.82, 2.24) is 24.7 Å².